The molecule has 4 nitrogen and oxygen atoms in total. The van der Waals surface area contributed by atoms with Gasteiger partial charge in [-0.05, 0) is 38.5 Å². The standard InChI is InChI=1S/C13H23NO3/c1-8(2)6-9(3)14-12(15)10-4-5-11(7-10)13(16)17/h8-11H,4-7H2,1-3H3,(H,14,15)(H,16,17). The Morgan fingerprint density at radius 2 is 1.82 bits per heavy atom. The Morgan fingerprint density at radius 1 is 1.24 bits per heavy atom. The van der Waals surface area contributed by atoms with Crippen molar-refractivity contribution in [2.75, 3.05) is 0 Å². The fourth-order valence-electron chi connectivity index (χ4n) is 2.57. The molecule has 2 N–H and O–H groups in total. The van der Waals surface area contributed by atoms with Gasteiger partial charge in [0.2, 0.25) is 5.91 Å². The van der Waals surface area contributed by atoms with Gasteiger partial charge in [0.25, 0.3) is 0 Å². The second kappa shape index (κ2) is 6.03. The normalized spacial score (nSPS) is 25.9. The summed E-state index contributed by atoms with van der Waals surface area (Å²) in [6.07, 6.45) is 2.79. The van der Waals surface area contributed by atoms with Crippen molar-refractivity contribution in [1.29, 1.82) is 0 Å². The number of amides is 1. The van der Waals surface area contributed by atoms with E-state index in [2.05, 4.69) is 19.2 Å². The van der Waals surface area contributed by atoms with Crippen LogP contribution in [0.25, 0.3) is 0 Å². The summed E-state index contributed by atoms with van der Waals surface area (Å²) in [5.74, 6) is -0.616. The number of nitrogens with one attached hydrogen (secondary N) is 1. The third kappa shape index (κ3) is 4.36. The van der Waals surface area contributed by atoms with Crippen LogP contribution < -0.4 is 5.32 Å². The second-order valence-corrected chi connectivity index (χ2v) is 5.58. The summed E-state index contributed by atoms with van der Waals surface area (Å²) < 4.78 is 0. The number of carbonyl (C=O) groups is 2. The summed E-state index contributed by atoms with van der Waals surface area (Å²) >= 11 is 0. The lowest BCUT2D eigenvalue weighted by Crippen LogP contribution is -2.37. The van der Waals surface area contributed by atoms with Crippen LogP contribution in [0.3, 0.4) is 0 Å². The third-order valence-electron chi connectivity index (χ3n) is 3.37. The summed E-state index contributed by atoms with van der Waals surface area (Å²) in [5.41, 5.74) is 0. The molecule has 1 aliphatic carbocycles. The van der Waals surface area contributed by atoms with Crippen molar-refractivity contribution in [1.82, 2.24) is 5.32 Å². The van der Waals surface area contributed by atoms with Gasteiger partial charge in [-0.1, -0.05) is 13.8 Å². The van der Waals surface area contributed by atoms with Gasteiger partial charge in [0.05, 0.1) is 5.92 Å². The van der Waals surface area contributed by atoms with E-state index in [1.807, 2.05) is 6.92 Å². The van der Waals surface area contributed by atoms with E-state index in [4.69, 9.17) is 5.11 Å². The second-order valence-electron chi connectivity index (χ2n) is 5.58. The van der Waals surface area contributed by atoms with Crippen molar-refractivity contribution in [2.24, 2.45) is 17.8 Å². The van der Waals surface area contributed by atoms with E-state index in [-0.39, 0.29) is 23.8 Å². The maximum atomic E-state index is 11.9. The smallest absolute Gasteiger partial charge is 0.306 e. The monoisotopic (exact) mass is 241 g/mol. The highest BCUT2D eigenvalue weighted by Gasteiger charge is 2.34. The van der Waals surface area contributed by atoms with Crippen LogP contribution >= 0.6 is 0 Å². The topological polar surface area (TPSA) is 66.4 Å². The minimum Gasteiger partial charge on any atom is -0.481 e. The molecule has 1 aliphatic rings. The summed E-state index contributed by atoms with van der Waals surface area (Å²) in [6, 6.07) is 0.173. The first-order valence-corrected chi connectivity index (χ1v) is 6.43. The number of carboxylic acids is 1. The van der Waals surface area contributed by atoms with Crippen LogP contribution in [0.2, 0.25) is 0 Å². The quantitative estimate of drug-likeness (QED) is 0.774. The van der Waals surface area contributed by atoms with E-state index in [0.717, 1.165) is 6.42 Å². The number of carbonyl (C=O) groups excluding carboxylic acids is 1. The van der Waals surface area contributed by atoms with Gasteiger partial charge in [-0.25, -0.2) is 0 Å². The van der Waals surface area contributed by atoms with Crippen molar-refractivity contribution in [3.63, 3.8) is 0 Å². The fraction of sp³-hybridized carbons (Fsp3) is 0.846. The fourth-order valence-corrected chi connectivity index (χ4v) is 2.57. The van der Waals surface area contributed by atoms with Crippen molar-refractivity contribution in [3.05, 3.63) is 0 Å². The Kier molecular flexibility index (Phi) is 4.97. The van der Waals surface area contributed by atoms with Gasteiger partial charge in [-0.3, -0.25) is 9.59 Å². The van der Waals surface area contributed by atoms with E-state index < -0.39 is 5.97 Å². The number of rotatable bonds is 5. The molecule has 0 spiro atoms. The van der Waals surface area contributed by atoms with Crippen LogP contribution in [-0.2, 0) is 9.59 Å². The highest BCUT2D eigenvalue weighted by molar-refractivity contribution is 5.81. The minimum absolute atomic E-state index is 0.0295. The van der Waals surface area contributed by atoms with Gasteiger partial charge in [0.15, 0.2) is 0 Å². The molecule has 3 atom stereocenters. The predicted molar refractivity (Wildman–Crippen MR) is 65.5 cm³/mol. The molecule has 0 bridgehead atoms. The van der Waals surface area contributed by atoms with Crippen LogP contribution in [0.15, 0.2) is 0 Å². The summed E-state index contributed by atoms with van der Waals surface area (Å²) in [4.78, 5) is 22.7. The van der Waals surface area contributed by atoms with E-state index in [9.17, 15) is 9.59 Å². The average molecular weight is 241 g/mol. The Labute approximate surface area is 103 Å². The van der Waals surface area contributed by atoms with E-state index in [1.54, 1.807) is 0 Å². The van der Waals surface area contributed by atoms with E-state index >= 15 is 0 Å². The Balaban J connectivity index is 2.37. The number of hydrogen-bond donors (Lipinski definition) is 2. The van der Waals surface area contributed by atoms with Gasteiger partial charge in [0, 0.05) is 12.0 Å². The van der Waals surface area contributed by atoms with E-state index in [1.165, 1.54) is 0 Å². The lowest BCUT2D eigenvalue weighted by atomic mass is 10.0. The van der Waals surface area contributed by atoms with Crippen molar-refractivity contribution in [3.8, 4) is 0 Å². The molecule has 1 amide bonds. The highest BCUT2D eigenvalue weighted by atomic mass is 16.4. The van der Waals surface area contributed by atoms with Crippen LogP contribution in [0.4, 0.5) is 0 Å². The maximum absolute atomic E-state index is 11.9. The van der Waals surface area contributed by atoms with Crippen molar-refractivity contribution < 1.29 is 14.7 Å². The van der Waals surface area contributed by atoms with Gasteiger partial charge < -0.3 is 10.4 Å². The molecule has 17 heavy (non-hydrogen) atoms. The predicted octanol–water partition coefficient (Wildman–Crippen LogP) is 2.04. The number of aliphatic carboxylic acids is 1. The van der Waals surface area contributed by atoms with Gasteiger partial charge >= 0.3 is 5.97 Å². The average Bonchev–Trinajstić information content (AvgIpc) is 2.64. The molecule has 0 saturated heterocycles. The molecule has 0 aromatic rings. The molecule has 0 heterocycles. The van der Waals surface area contributed by atoms with Crippen LogP contribution in [-0.4, -0.2) is 23.0 Å². The first kappa shape index (κ1) is 14.0. The van der Waals surface area contributed by atoms with Gasteiger partial charge in [-0.2, -0.15) is 0 Å². The molecule has 0 aromatic heterocycles. The number of hydrogen-bond acceptors (Lipinski definition) is 2. The molecule has 1 saturated carbocycles. The zero-order valence-corrected chi connectivity index (χ0v) is 10.9. The van der Waals surface area contributed by atoms with Crippen molar-refractivity contribution in [2.45, 2.75) is 52.5 Å². The van der Waals surface area contributed by atoms with Crippen LogP contribution in [0.1, 0.15) is 46.5 Å². The molecular weight excluding hydrogens is 218 g/mol. The summed E-state index contributed by atoms with van der Waals surface area (Å²) in [5, 5.41) is 11.9. The first-order valence-electron chi connectivity index (χ1n) is 6.43. The molecule has 4 heteroatoms. The highest BCUT2D eigenvalue weighted by Crippen LogP contribution is 2.31. The lowest BCUT2D eigenvalue weighted by molar-refractivity contribution is -0.141. The van der Waals surface area contributed by atoms with Crippen molar-refractivity contribution >= 4 is 11.9 Å². The molecule has 98 valence electrons. The Hall–Kier alpha value is -1.06. The minimum atomic E-state index is -0.768. The summed E-state index contributed by atoms with van der Waals surface area (Å²) in [7, 11) is 0. The zero-order chi connectivity index (χ0) is 13.0. The molecule has 0 aromatic carbocycles. The molecule has 1 fully saturated rings. The molecule has 3 unspecified atom stereocenters. The SMILES string of the molecule is CC(C)CC(C)NC(=O)C1CCC(C(=O)O)C1. The largest absolute Gasteiger partial charge is 0.481 e. The number of carboxylic acid groups (broad SMARTS) is 1. The first-order chi connectivity index (χ1) is 7.90. The van der Waals surface area contributed by atoms with Gasteiger partial charge in [-0.15, -0.1) is 0 Å². The zero-order valence-electron chi connectivity index (χ0n) is 10.9. The van der Waals surface area contributed by atoms with Crippen LogP contribution in [0, 0.1) is 17.8 Å². The molecule has 1 rings (SSSR count). The lowest BCUT2D eigenvalue weighted by Gasteiger charge is -2.18. The van der Waals surface area contributed by atoms with E-state index in [0.29, 0.717) is 25.2 Å². The molecular formula is C13H23NO3. The third-order valence-corrected chi connectivity index (χ3v) is 3.37. The van der Waals surface area contributed by atoms with Crippen LogP contribution in [0.5, 0.6) is 0 Å². The Bertz CT molecular complexity index is 288. The Morgan fingerprint density at radius 3 is 2.29 bits per heavy atom. The van der Waals surface area contributed by atoms with Gasteiger partial charge in [0.1, 0.15) is 0 Å². The molecule has 0 radical (unpaired) electrons. The molecule has 0 aliphatic heterocycles. The maximum Gasteiger partial charge on any atom is 0.306 e. The summed E-state index contributed by atoms with van der Waals surface area (Å²) in [6.45, 7) is 6.25.